The average Bonchev–Trinajstić information content (AvgIpc) is 2.51. The van der Waals surface area contributed by atoms with Crippen molar-refractivity contribution in [3.63, 3.8) is 0 Å². The number of hydrogen-bond donors (Lipinski definition) is 1. The molecule has 2 aromatic carbocycles. The fourth-order valence-electron chi connectivity index (χ4n) is 2.27. The molecule has 0 spiro atoms. The van der Waals surface area contributed by atoms with Crippen molar-refractivity contribution in [2.24, 2.45) is 0 Å². The van der Waals surface area contributed by atoms with Gasteiger partial charge in [-0.05, 0) is 25.2 Å². The topological polar surface area (TPSA) is 34.1 Å². The highest BCUT2D eigenvalue weighted by Crippen LogP contribution is 2.32. The van der Waals surface area contributed by atoms with E-state index in [-0.39, 0.29) is 11.6 Å². The summed E-state index contributed by atoms with van der Waals surface area (Å²) in [5, 5.41) is 3.97. The first-order chi connectivity index (χ1) is 10.3. The zero-order valence-electron chi connectivity index (χ0n) is 11.6. The molecule has 0 saturated carbocycles. The molecule has 3 nitrogen and oxygen atoms in total. The lowest BCUT2D eigenvalue weighted by Crippen LogP contribution is -2.07. The van der Waals surface area contributed by atoms with Gasteiger partial charge in [0.15, 0.2) is 17.3 Å². The fraction of sp³-hybridized carbons (Fsp3) is 0.118. The standard InChI is InChI=1S/C17H15FN2O/c1-19-11-13-6-2-8-14(18)17(13)21-15-9-3-5-12-7-4-10-20-16(12)15/h2-10,19H,11H2,1H3. The monoisotopic (exact) mass is 282 g/mol. The second kappa shape index (κ2) is 5.89. The Bertz CT molecular complexity index is 768. The summed E-state index contributed by atoms with van der Waals surface area (Å²) in [7, 11) is 1.81. The van der Waals surface area contributed by atoms with E-state index in [0.717, 1.165) is 16.5 Å². The lowest BCUT2D eigenvalue weighted by molar-refractivity contribution is 0.438. The summed E-state index contributed by atoms with van der Waals surface area (Å²) in [5.74, 6) is 0.413. The normalized spacial score (nSPS) is 10.8. The molecule has 0 fully saturated rings. The molecular weight excluding hydrogens is 267 g/mol. The lowest BCUT2D eigenvalue weighted by atomic mass is 10.1. The third-order valence-corrected chi connectivity index (χ3v) is 3.22. The summed E-state index contributed by atoms with van der Waals surface area (Å²) >= 11 is 0. The predicted molar refractivity (Wildman–Crippen MR) is 81.0 cm³/mol. The van der Waals surface area contributed by atoms with Gasteiger partial charge in [0.25, 0.3) is 0 Å². The number of benzene rings is 2. The van der Waals surface area contributed by atoms with E-state index < -0.39 is 0 Å². The third kappa shape index (κ3) is 2.71. The van der Waals surface area contributed by atoms with Gasteiger partial charge in [0.1, 0.15) is 5.52 Å². The lowest BCUT2D eigenvalue weighted by Gasteiger charge is -2.13. The van der Waals surface area contributed by atoms with Gasteiger partial charge in [0.05, 0.1) is 0 Å². The van der Waals surface area contributed by atoms with Crippen molar-refractivity contribution in [2.75, 3.05) is 7.05 Å². The van der Waals surface area contributed by atoms with E-state index in [4.69, 9.17) is 4.74 Å². The van der Waals surface area contributed by atoms with Gasteiger partial charge in [-0.3, -0.25) is 4.98 Å². The predicted octanol–water partition coefficient (Wildman–Crippen LogP) is 3.89. The highest BCUT2D eigenvalue weighted by molar-refractivity contribution is 5.84. The first kappa shape index (κ1) is 13.5. The van der Waals surface area contributed by atoms with Crippen LogP contribution in [0.4, 0.5) is 4.39 Å². The van der Waals surface area contributed by atoms with Gasteiger partial charge in [-0.1, -0.05) is 30.3 Å². The van der Waals surface area contributed by atoms with Crippen LogP contribution in [0.1, 0.15) is 5.56 Å². The molecule has 0 radical (unpaired) electrons. The molecule has 3 aromatic rings. The number of fused-ring (bicyclic) bond motifs is 1. The van der Waals surface area contributed by atoms with E-state index in [1.54, 1.807) is 18.3 Å². The number of rotatable bonds is 4. The second-order valence-corrected chi connectivity index (χ2v) is 4.69. The minimum atomic E-state index is -0.379. The Balaban J connectivity index is 2.07. The Kier molecular flexibility index (Phi) is 3.79. The Morgan fingerprint density at radius 1 is 1.10 bits per heavy atom. The molecule has 0 aliphatic carbocycles. The van der Waals surface area contributed by atoms with E-state index in [0.29, 0.717) is 12.3 Å². The molecule has 0 aliphatic heterocycles. The molecule has 0 amide bonds. The van der Waals surface area contributed by atoms with Gasteiger partial charge >= 0.3 is 0 Å². The second-order valence-electron chi connectivity index (χ2n) is 4.69. The van der Waals surface area contributed by atoms with E-state index in [9.17, 15) is 4.39 Å². The number of para-hydroxylation sites is 2. The summed E-state index contributed by atoms with van der Waals surface area (Å²) < 4.78 is 19.9. The van der Waals surface area contributed by atoms with E-state index >= 15 is 0 Å². The van der Waals surface area contributed by atoms with Crippen molar-refractivity contribution < 1.29 is 9.13 Å². The Labute approximate surface area is 122 Å². The van der Waals surface area contributed by atoms with Crippen LogP contribution >= 0.6 is 0 Å². The number of ether oxygens (including phenoxy) is 1. The van der Waals surface area contributed by atoms with E-state index in [2.05, 4.69) is 10.3 Å². The maximum absolute atomic E-state index is 14.1. The number of nitrogens with zero attached hydrogens (tertiary/aromatic N) is 1. The largest absolute Gasteiger partial charge is 0.452 e. The SMILES string of the molecule is CNCc1cccc(F)c1Oc1cccc2cccnc12. The van der Waals surface area contributed by atoms with Crippen molar-refractivity contribution >= 4 is 10.9 Å². The molecule has 1 aromatic heterocycles. The maximum Gasteiger partial charge on any atom is 0.167 e. The maximum atomic E-state index is 14.1. The van der Waals surface area contributed by atoms with Gasteiger partial charge in [-0.25, -0.2) is 4.39 Å². The molecule has 1 N–H and O–H groups in total. The van der Waals surface area contributed by atoms with Gasteiger partial charge < -0.3 is 10.1 Å². The molecule has 1 heterocycles. The van der Waals surface area contributed by atoms with Crippen LogP contribution in [0.5, 0.6) is 11.5 Å². The summed E-state index contributed by atoms with van der Waals surface area (Å²) in [6.07, 6.45) is 1.70. The van der Waals surface area contributed by atoms with Crippen molar-refractivity contribution in [3.05, 3.63) is 66.1 Å². The first-order valence-electron chi connectivity index (χ1n) is 6.73. The van der Waals surface area contributed by atoms with Crippen LogP contribution in [0.15, 0.2) is 54.7 Å². The van der Waals surface area contributed by atoms with Crippen LogP contribution in [0.2, 0.25) is 0 Å². The molecular formula is C17H15FN2O. The van der Waals surface area contributed by atoms with E-state index in [1.165, 1.54) is 6.07 Å². The molecule has 0 saturated heterocycles. The molecule has 3 rings (SSSR count). The minimum Gasteiger partial charge on any atom is -0.452 e. The number of nitrogens with one attached hydrogen (secondary N) is 1. The zero-order valence-corrected chi connectivity index (χ0v) is 11.6. The summed E-state index contributed by atoms with van der Waals surface area (Å²) in [4.78, 5) is 4.32. The van der Waals surface area contributed by atoms with Crippen LogP contribution < -0.4 is 10.1 Å². The molecule has 106 valence electrons. The number of hydrogen-bond acceptors (Lipinski definition) is 3. The molecule has 0 aliphatic rings. The first-order valence-corrected chi connectivity index (χ1v) is 6.73. The van der Waals surface area contributed by atoms with Crippen molar-refractivity contribution in [1.29, 1.82) is 0 Å². The summed E-state index contributed by atoms with van der Waals surface area (Å²) in [5.41, 5.74) is 1.49. The van der Waals surface area contributed by atoms with Crippen LogP contribution in [0.3, 0.4) is 0 Å². The summed E-state index contributed by atoms with van der Waals surface area (Å²) in [6, 6.07) is 14.3. The number of pyridine rings is 1. The number of aromatic nitrogens is 1. The smallest absolute Gasteiger partial charge is 0.167 e. The molecule has 21 heavy (non-hydrogen) atoms. The highest BCUT2D eigenvalue weighted by Gasteiger charge is 2.12. The van der Waals surface area contributed by atoms with Gasteiger partial charge in [-0.15, -0.1) is 0 Å². The molecule has 0 unspecified atom stereocenters. The Morgan fingerprint density at radius 2 is 1.90 bits per heavy atom. The van der Waals surface area contributed by atoms with Gasteiger partial charge in [-0.2, -0.15) is 0 Å². The Hall–Kier alpha value is -2.46. The van der Waals surface area contributed by atoms with Gasteiger partial charge in [0, 0.05) is 23.7 Å². The van der Waals surface area contributed by atoms with Crippen LogP contribution in [-0.4, -0.2) is 12.0 Å². The fourth-order valence-corrected chi connectivity index (χ4v) is 2.27. The molecule has 0 atom stereocenters. The quantitative estimate of drug-likeness (QED) is 0.788. The molecule has 4 heteroatoms. The zero-order chi connectivity index (χ0) is 14.7. The van der Waals surface area contributed by atoms with Crippen LogP contribution in [0, 0.1) is 5.82 Å². The van der Waals surface area contributed by atoms with E-state index in [1.807, 2.05) is 37.4 Å². The average molecular weight is 282 g/mol. The van der Waals surface area contributed by atoms with Crippen molar-refractivity contribution in [3.8, 4) is 11.5 Å². The molecule has 0 bridgehead atoms. The highest BCUT2D eigenvalue weighted by atomic mass is 19.1. The number of halogens is 1. The van der Waals surface area contributed by atoms with Crippen LogP contribution in [-0.2, 0) is 6.54 Å². The van der Waals surface area contributed by atoms with Gasteiger partial charge in [0.2, 0.25) is 0 Å². The third-order valence-electron chi connectivity index (χ3n) is 3.22. The van der Waals surface area contributed by atoms with Crippen molar-refractivity contribution in [2.45, 2.75) is 6.54 Å². The summed E-state index contributed by atoms with van der Waals surface area (Å²) in [6.45, 7) is 0.533. The Morgan fingerprint density at radius 3 is 2.76 bits per heavy atom. The minimum absolute atomic E-state index is 0.241. The van der Waals surface area contributed by atoms with Crippen molar-refractivity contribution in [1.82, 2.24) is 10.3 Å². The van der Waals surface area contributed by atoms with Crippen LogP contribution in [0.25, 0.3) is 10.9 Å².